The largest absolute Gasteiger partial charge is 0.326 e. The number of hydrogen-bond acceptors (Lipinski definition) is 3. The fraction of sp³-hybridized carbons (Fsp3) is 0.391. The van der Waals surface area contributed by atoms with Crippen LogP contribution in [0.3, 0.4) is 0 Å². The van der Waals surface area contributed by atoms with Crippen molar-refractivity contribution in [1.29, 1.82) is 0 Å². The summed E-state index contributed by atoms with van der Waals surface area (Å²) in [7, 11) is 2.14. The molecule has 0 aromatic heterocycles. The summed E-state index contributed by atoms with van der Waals surface area (Å²) in [4.78, 5) is 27.1. The number of amides is 2. The standard InChI is InChI=1S/C23H29N3O2/c1-17-6-3-8-19(14-17)23(28)25-21-10-4-9-20(15-21)24-22(27)12-11-18-7-5-13-26(2)16-18/h3-4,6,8-10,14-15,18H,5,7,11-13,16H2,1-2H3,(H,24,27)(H,25,28)/t18-/m1/s1. The van der Waals surface area contributed by atoms with Crippen LogP contribution in [0.2, 0.25) is 0 Å². The lowest BCUT2D eigenvalue weighted by Crippen LogP contribution is -2.32. The Morgan fingerprint density at radius 3 is 2.57 bits per heavy atom. The van der Waals surface area contributed by atoms with Gasteiger partial charge in [0.25, 0.3) is 5.91 Å². The Bertz CT molecular complexity index is 834. The summed E-state index contributed by atoms with van der Waals surface area (Å²) in [6.07, 6.45) is 3.86. The molecule has 2 aromatic rings. The van der Waals surface area contributed by atoms with E-state index in [2.05, 4.69) is 22.6 Å². The predicted molar refractivity (Wildman–Crippen MR) is 114 cm³/mol. The fourth-order valence-electron chi connectivity index (χ4n) is 3.73. The van der Waals surface area contributed by atoms with Gasteiger partial charge < -0.3 is 15.5 Å². The highest BCUT2D eigenvalue weighted by molar-refractivity contribution is 6.04. The Kier molecular flexibility index (Phi) is 6.82. The van der Waals surface area contributed by atoms with Gasteiger partial charge >= 0.3 is 0 Å². The first-order valence-corrected chi connectivity index (χ1v) is 9.96. The Hall–Kier alpha value is -2.66. The summed E-state index contributed by atoms with van der Waals surface area (Å²) in [5, 5.41) is 5.84. The second-order valence-electron chi connectivity index (χ2n) is 7.76. The molecule has 1 heterocycles. The van der Waals surface area contributed by atoms with Crippen molar-refractivity contribution in [2.45, 2.75) is 32.6 Å². The maximum Gasteiger partial charge on any atom is 0.255 e. The Morgan fingerprint density at radius 1 is 1.07 bits per heavy atom. The summed E-state index contributed by atoms with van der Waals surface area (Å²) in [5.74, 6) is 0.466. The van der Waals surface area contributed by atoms with Gasteiger partial charge in [-0.15, -0.1) is 0 Å². The van der Waals surface area contributed by atoms with E-state index in [0.29, 0.717) is 29.3 Å². The van der Waals surface area contributed by atoms with Crippen LogP contribution in [0.15, 0.2) is 48.5 Å². The van der Waals surface area contributed by atoms with Crippen molar-refractivity contribution in [3.63, 3.8) is 0 Å². The highest BCUT2D eigenvalue weighted by Crippen LogP contribution is 2.21. The van der Waals surface area contributed by atoms with Gasteiger partial charge in [0.15, 0.2) is 0 Å². The zero-order valence-corrected chi connectivity index (χ0v) is 16.7. The monoisotopic (exact) mass is 379 g/mol. The average Bonchev–Trinajstić information content (AvgIpc) is 2.67. The summed E-state index contributed by atoms with van der Waals surface area (Å²) in [6, 6.07) is 14.7. The number of carbonyl (C=O) groups excluding carboxylic acids is 2. The molecule has 3 rings (SSSR count). The molecule has 1 aliphatic heterocycles. The van der Waals surface area contributed by atoms with Gasteiger partial charge in [0.05, 0.1) is 0 Å². The summed E-state index contributed by atoms with van der Waals surface area (Å²) in [6.45, 7) is 4.19. The fourth-order valence-corrected chi connectivity index (χ4v) is 3.73. The van der Waals surface area contributed by atoms with Crippen LogP contribution < -0.4 is 10.6 Å². The Morgan fingerprint density at radius 2 is 1.82 bits per heavy atom. The van der Waals surface area contributed by atoms with Gasteiger partial charge in [0.1, 0.15) is 0 Å². The lowest BCUT2D eigenvalue weighted by Gasteiger charge is -2.29. The number of carbonyl (C=O) groups is 2. The van der Waals surface area contributed by atoms with Crippen molar-refractivity contribution < 1.29 is 9.59 Å². The summed E-state index contributed by atoms with van der Waals surface area (Å²) < 4.78 is 0. The number of benzene rings is 2. The summed E-state index contributed by atoms with van der Waals surface area (Å²) >= 11 is 0. The second-order valence-corrected chi connectivity index (χ2v) is 7.76. The van der Waals surface area contributed by atoms with Gasteiger partial charge in [-0.25, -0.2) is 0 Å². The van der Waals surface area contributed by atoms with Crippen LogP contribution in [0.25, 0.3) is 0 Å². The molecule has 1 fully saturated rings. The Balaban J connectivity index is 1.52. The molecule has 148 valence electrons. The molecule has 1 atom stereocenters. The molecule has 5 nitrogen and oxygen atoms in total. The SMILES string of the molecule is Cc1cccc(C(=O)Nc2cccc(NC(=O)CC[C@H]3CCCN(C)C3)c2)c1. The molecule has 0 saturated carbocycles. The van der Waals surface area contributed by atoms with E-state index in [1.807, 2.05) is 43.3 Å². The number of nitrogens with zero attached hydrogens (tertiary/aromatic N) is 1. The first kappa shape index (κ1) is 20.1. The quantitative estimate of drug-likeness (QED) is 0.786. The van der Waals surface area contributed by atoms with Crippen molar-refractivity contribution >= 4 is 23.2 Å². The molecule has 0 bridgehead atoms. The van der Waals surface area contributed by atoms with E-state index in [4.69, 9.17) is 0 Å². The van der Waals surface area contributed by atoms with Crippen LogP contribution in [0.1, 0.15) is 41.6 Å². The van der Waals surface area contributed by atoms with E-state index in [1.54, 1.807) is 12.1 Å². The number of piperidine rings is 1. The zero-order valence-electron chi connectivity index (χ0n) is 16.7. The molecule has 2 N–H and O–H groups in total. The van der Waals surface area contributed by atoms with Crippen molar-refractivity contribution in [1.82, 2.24) is 4.90 Å². The molecule has 1 aliphatic rings. The van der Waals surface area contributed by atoms with Gasteiger partial charge in [0, 0.05) is 29.9 Å². The molecule has 1 saturated heterocycles. The van der Waals surface area contributed by atoms with Crippen LogP contribution in [0.5, 0.6) is 0 Å². The third-order valence-electron chi connectivity index (χ3n) is 5.19. The minimum atomic E-state index is -0.159. The number of anilines is 2. The van der Waals surface area contributed by atoms with Gasteiger partial charge in [0.2, 0.25) is 5.91 Å². The highest BCUT2D eigenvalue weighted by atomic mass is 16.2. The molecule has 0 radical (unpaired) electrons. The number of hydrogen-bond donors (Lipinski definition) is 2. The average molecular weight is 380 g/mol. The zero-order chi connectivity index (χ0) is 19.9. The van der Waals surface area contributed by atoms with E-state index >= 15 is 0 Å². The molecule has 2 aromatic carbocycles. The Labute approximate surface area is 167 Å². The molecular weight excluding hydrogens is 350 g/mol. The van der Waals surface area contributed by atoms with E-state index in [9.17, 15) is 9.59 Å². The maximum absolute atomic E-state index is 12.4. The number of nitrogens with one attached hydrogen (secondary N) is 2. The van der Waals surface area contributed by atoms with Gasteiger partial charge in [-0.1, -0.05) is 23.8 Å². The van der Waals surface area contributed by atoms with Crippen molar-refractivity contribution in [3.8, 4) is 0 Å². The normalized spacial score (nSPS) is 17.1. The molecule has 0 aliphatic carbocycles. The van der Waals surface area contributed by atoms with Crippen molar-refractivity contribution in [2.24, 2.45) is 5.92 Å². The smallest absolute Gasteiger partial charge is 0.255 e. The lowest BCUT2D eigenvalue weighted by atomic mass is 9.93. The van der Waals surface area contributed by atoms with Gasteiger partial charge in [-0.05, 0) is 76.0 Å². The van der Waals surface area contributed by atoms with Crippen molar-refractivity contribution in [2.75, 3.05) is 30.8 Å². The number of likely N-dealkylation sites (tertiary alicyclic amines) is 1. The first-order chi connectivity index (χ1) is 13.5. The third-order valence-corrected chi connectivity index (χ3v) is 5.19. The first-order valence-electron chi connectivity index (χ1n) is 9.96. The minimum absolute atomic E-state index is 0.0235. The van der Waals surface area contributed by atoms with E-state index in [1.165, 1.54) is 12.8 Å². The van der Waals surface area contributed by atoms with E-state index in [0.717, 1.165) is 25.1 Å². The molecule has 2 amide bonds. The summed E-state index contributed by atoms with van der Waals surface area (Å²) in [5.41, 5.74) is 3.02. The molecule has 5 heteroatoms. The topological polar surface area (TPSA) is 61.4 Å². The maximum atomic E-state index is 12.4. The second kappa shape index (κ2) is 9.51. The highest BCUT2D eigenvalue weighted by Gasteiger charge is 2.18. The molecular formula is C23H29N3O2. The lowest BCUT2D eigenvalue weighted by molar-refractivity contribution is -0.116. The molecule has 28 heavy (non-hydrogen) atoms. The minimum Gasteiger partial charge on any atom is -0.326 e. The predicted octanol–water partition coefficient (Wildman–Crippen LogP) is 4.31. The van der Waals surface area contributed by atoms with E-state index in [-0.39, 0.29) is 11.8 Å². The van der Waals surface area contributed by atoms with Gasteiger partial charge in [-0.3, -0.25) is 9.59 Å². The number of aryl methyl sites for hydroxylation is 1. The van der Waals surface area contributed by atoms with Gasteiger partial charge in [-0.2, -0.15) is 0 Å². The molecule has 0 unspecified atom stereocenters. The third kappa shape index (κ3) is 5.92. The van der Waals surface area contributed by atoms with Crippen LogP contribution >= 0.6 is 0 Å². The van der Waals surface area contributed by atoms with E-state index < -0.39 is 0 Å². The van der Waals surface area contributed by atoms with Crippen LogP contribution in [0, 0.1) is 12.8 Å². The number of rotatable bonds is 6. The molecule has 0 spiro atoms. The van der Waals surface area contributed by atoms with Crippen LogP contribution in [-0.2, 0) is 4.79 Å². The van der Waals surface area contributed by atoms with Crippen molar-refractivity contribution in [3.05, 3.63) is 59.7 Å². The van der Waals surface area contributed by atoms with Crippen LogP contribution in [-0.4, -0.2) is 36.9 Å². The van der Waals surface area contributed by atoms with Crippen LogP contribution in [0.4, 0.5) is 11.4 Å².